The van der Waals surface area contributed by atoms with Crippen LogP contribution in [0.15, 0.2) is 0 Å². The van der Waals surface area contributed by atoms with Gasteiger partial charge in [0, 0.05) is 12.3 Å². The van der Waals surface area contributed by atoms with E-state index in [1.165, 1.54) is 38.5 Å². The Hall–Kier alpha value is -0.330. The first-order valence-corrected chi connectivity index (χ1v) is 6.32. The first-order chi connectivity index (χ1) is 6.79. The monoisotopic (exact) mass is 196 g/mol. The number of carbonyl (C=O) groups excluding carboxylic acids is 1. The van der Waals surface area contributed by atoms with Gasteiger partial charge in [0.1, 0.15) is 5.78 Å². The molecule has 2 atom stereocenters. The molecule has 1 saturated carbocycles. The number of ketones is 1. The standard InChI is InChI=1S/C13H24O/c1-3-5-6-8-12-11(7-4-2)9-10-13(12)14/h11-12H,3-10H2,1-2H3. The first-order valence-electron chi connectivity index (χ1n) is 6.32. The van der Waals surface area contributed by atoms with Crippen molar-refractivity contribution in [1.82, 2.24) is 0 Å². The number of Topliss-reactive ketones (excluding diaryl/α,β-unsaturated/α-hetero) is 1. The second-order valence-corrected chi connectivity index (χ2v) is 4.66. The van der Waals surface area contributed by atoms with Crippen molar-refractivity contribution in [3.8, 4) is 0 Å². The van der Waals surface area contributed by atoms with Gasteiger partial charge in [-0.25, -0.2) is 0 Å². The molecule has 1 aliphatic carbocycles. The Bertz CT molecular complexity index is 174. The normalized spacial score (nSPS) is 27.1. The van der Waals surface area contributed by atoms with E-state index in [-0.39, 0.29) is 0 Å². The molecule has 0 heterocycles. The molecule has 0 spiro atoms. The molecule has 1 nitrogen and oxygen atoms in total. The summed E-state index contributed by atoms with van der Waals surface area (Å²) in [7, 11) is 0. The molecule has 82 valence electrons. The van der Waals surface area contributed by atoms with Gasteiger partial charge >= 0.3 is 0 Å². The van der Waals surface area contributed by atoms with Crippen LogP contribution in [0.4, 0.5) is 0 Å². The molecule has 0 aliphatic heterocycles. The maximum atomic E-state index is 11.7. The lowest BCUT2D eigenvalue weighted by molar-refractivity contribution is -0.121. The summed E-state index contributed by atoms with van der Waals surface area (Å²) in [6.45, 7) is 4.45. The van der Waals surface area contributed by atoms with Crippen LogP contribution in [0.25, 0.3) is 0 Å². The third kappa shape index (κ3) is 3.11. The molecule has 0 amide bonds. The fraction of sp³-hybridized carbons (Fsp3) is 0.923. The molecule has 0 saturated heterocycles. The molecule has 1 aliphatic rings. The van der Waals surface area contributed by atoms with Crippen LogP contribution in [0.2, 0.25) is 0 Å². The van der Waals surface area contributed by atoms with E-state index in [1.54, 1.807) is 0 Å². The summed E-state index contributed by atoms with van der Waals surface area (Å²) < 4.78 is 0. The van der Waals surface area contributed by atoms with Crippen molar-refractivity contribution in [3.05, 3.63) is 0 Å². The van der Waals surface area contributed by atoms with Crippen LogP contribution in [-0.4, -0.2) is 5.78 Å². The highest BCUT2D eigenvalue weighted by Gasteiger charge is 2.32. The molecule has 0 bridgehead atoms. The zero-order valence-corrected chi connectivity index (χ0v) is 9.72. The minimum absolute atomic E-state index is 0.432. The van der Waals surface area contributed by atoms with Gasteiger partial charge < -0.3 is 0 Å². The second kappa shape index (κ2) is 6.21. The average molecular weight is 196 g/mol. The van der Waals surface area contributed by atoms with Crippen molar-refractivity contribution >= 4 is 5.78 Å². The average Bonchev–Trinajstić information content (AvgIpc) is 2.50. The lowest BCUT2D eigenvalue weighted by atomic mass is 9.87. The van der Waals surface area contributed by atoms with E-state index >= 15 is 0 Å². The Labute approximate surface area is 88.3 Å². The van der Waals surface area contributed by atoms with E-state index < -0.39 is 0 Å². The Morgan fingerprint density at radius 1 is 1.14 bits per heavy atom. The molecular formula is C13H24O. The molecule has 1 heteroatoms. The van der Waals surface area contributed by atoms with Gasteiger partial charge in [-0.15, -0.1) is 0 Å². The predicted octanol–water partition coefficient (Wildman–Crippen LogP) is 3.96. The number of hydrogen-bond donors (Lipinski definition) is 0. The third-order valence-electron chi connectivity index (χ3n) is 3.52. The molecule has 14 heavy (non-hydrogen) atoms. The van der Waals surface area contributed by atoms with Crippen LogP contribution in [-0.2, 0) is 4.79 Å². The van der Waals surface area contributed by atoms with Gasteiger partial charge in [0.2, 0.25) is 0 Å². The van der Waals surface area contributed by atoms with Crippen molar-refractivity contribution in [2.24, 2.45) is 11.8 Å². The molecule has 0 radical (unpaired) electrons. The van der Waals surface area contributed by atoms with Gasteiger partial charge in [0.15, 0.2) is 0 Å². The van der Waals surface area contributed by atoms with Crippen molar-refractivity contribution in [1.29, 1.82) is 0 Å². The maximum absolute atomic E-state index is 11.7. The number of carbonyl (C=O) groups is 1. The van der Waals surface area contributed by atoms with Gasteiger partial charge in [0.05, 0.1) is 0 Å². The Kier molecular flexibility index (Phi) is 5.21. The Morgan fingerprint density at radius 2 is 1.93 bits per heavy atom. The largest absolute Gasteiger partial charge is 0.299 e. The summed E-state index contributed by atoms with van der Waals surface area (Å²) in [5, 5.41) is 0. The Morgan fingerprint density at radius 3 is 2.57 bits per heavy atom. The SMILES string of the molecule is CCCCCC1C(=O)CCC1CCC. The van der Waals surface area contributed by atoms with Crippen molar-refractivity contribution in [2.45, 2.75) is 65.2 Å². The number of unbranched alkanes of at least 4 members (excludes halogenated alkanes) is 2. The molecule has 1 fully saturated rings. The summed E-state index contributed by atoms with van der Waals surface area (Å²) in [6.07, 6.45) is 9.52. The number of rotatable bonds is 6. The van der Waals surface area contributed by atoms with Gasteiger partial charge in [0.25, 0.3) is 0 Å². The minimum Gasteiger partial charge on any atom is -0.299 e. The van der Waals surface area contributed by atoms with E-state index in [0.717, 1.165) is 18.8 Å². The summed E-state index contributed by atoms with van der Waals surface area (Å²) in [5.74, 6) is 1.71. The highest BCUT2D eigenvalue weighted by Crippen LogP contribution is 2.35. The molecule has 0 aromatic carbocycles. The molecule has 0 aromatic rings. The van der Waals surface area contributed by atoms with E-state index in [0.29, 0.717) is 11.7 Å². The predicted molar refractivity (Wildman–Crippen MR) is 60.3 cm³/mol. The molecule has 2 unspecified atom stereocenters. The van der Waals surface area contributed by atoms with E-state index in [1.807, 2.05) is 0 Å². The van der Waals surface area contributed by atoms with Gasteiger partial charge in [-0.1, -0.05) is 46.0 Å². The smallest absolute Gasteiger partial charge is 0.136 e. The van der Waals surface area contributed by atoms with Crippen LogP contribution < -0.4 is 0 Å². The third-order valence-corrected chi connectivity index (χ3v) is 3.52. The van der Waals surface area contributed by atoms with Gasteiger partial charge in [-0.05, 0) is 18.8 Å². The molecular weight excluding hydrogens is 172 g/mol. The summed E-state index contributed by atoms with van der Waals surface area (Å²) in [5.41, 5.74) is 0. The van der Waals surface area contributed by atoms with Gasteiger partial charge in [-0.2, -0.15) is 0 Å². The maximum Gasteiger partial charge on any atom is 0.136 e. The lowest BCUT2D eigenvalue weighted by Crippen LogP contribution is -2.14. The topological polar surface area (TPSA) is 17.1 Å². The summed E-state index contributed by atoms with van der Waals surface area (Å²) in [6, 6.07) is 0. The van der Waals surface area contributed by atoms with Gasteiger partial charge in [-0.3, -0.25) is 4.79 Å². The Balaban J connectivity index is 2.33. The minimum atomic E-state index is 0.432. The molecule has 0 aromatic heterocycles. The van der Waals surface area contributed by atoms with E-state index in [9.17, 15) is 4.79 Å². The van der Waals surface area contributed by atoms with Crippen molar-refractivity contribution in [3.63, 3.8) is 0 Å². The van der Waals surface area contributed by atoms with Crippen LogP contribution in [0, 0.1) is 11.8 Å². The molecule has 0 N–H and O–H groups in total. The zero-order valence-electron chi connectivity index (χ0n) is 9.72. The fourth-order valence-electron chi connectivity index (χ4n) is 2.70. The van der Waals surface area contributed by atoms with Crippen molar-refractivity contribution in [2.75, 3.05) is 0 Å². The second-order valence-electron chi connectivity index (χ2n) is 4.66. The molecule has 1 rings (SSSR count). The van der Waals surface area contributed by atoms with E-state index in [2.05, 4.69) is 13.8 Å². The zero-order chi connectivity index (χ0) is 10.4. The quantitative estimate of drug-likeness (QED) is 0.588. The van der Waals surface area contributed by atoms with Crippen LogP contribution in [0.1, 0.15) is 65.2 Å². The van der Waals surface area contributed by atoms with Crippen LogP contribution in [0.5, 0.6) is 0 Å². The van der Waals surface area contributed by atoms with Crippen molar-refractivity contribution < 1.29 is 4.79 Å². The lowest BCUT2D eigenvalue weighted by Gasteiger charge is -2.17. The number of hydrogen-bond acceptors (Lipinski definition) is 1. The highest BCUT2D eigenvalue weighted by atomic mass is 16.1. The van der Waals surface area contributed by atoms with Crippen LogP contribution >= 0.6 is 0 Å². The van der Waals surface area contributed by atoms with E-state index in [4.69, 9.17) is 0 Å². The summed E-state index contributed by atoms with van der Waals surface area (Å²) in [4.78, 5) is 11.7. The van der Waals surface area contributed by atoms with Crippen LogP contribution in [0.3, 0.4) is 0 Å². The first kappa shape index (κ1) is 11.7. The summed E-state index contributed by atoms with van der Waals surface area (Å²) >= 11 is 0. The fourth-order valence-corrected chi connectivity index (χ4v) is 2.70. The highest BCUT2D eigenvalue weighted by molar-refractivity contribution is 5.83.